The Morgan fingerprint density at radius 2 is 1.76 bits per heavy atom. The maximum absolute atomic E-state index is 5.95. The summed E-state index contributed by atoms with van der Waals surface area (Å²) in [6.07, 6.45) is 0. The Labute approximate surface area is 102 Å². The molecule has 2 aromatic carbocycles. The fraction of sp³-hybridized carbons (Fsp3) is 0.333. The minimum absolute atomic E-state index is 0.0847. The van der Waals surface area contributed by atoms with E-state index in [2.05, 4.69) is 38.1 Å². The Balaban J connectivity index is 2.09. The number of ether oxygens (including phenoxy) is 1. The second-order valence-electron chi connectivity index (χ2n) is 4.73. The molecule has 1 unspecified atom stereocenters. The van der Waals surface area contributed by atoms with Crippen LogP contribution in [0.1, 0.15) is 13.8 Å². The Morgan fingerprint density at radius 1 is 1.06 bits per heavy atom. The third-order valence-electron chi connectivity index (χ3n) is 3.02. The van der Waals surface area contributed by atoms with Crippen molar-refractivity contribution in [3.8, 4) is 5.75 Å². The first kappa shape index (κ1) is 11.9. The zero-order valence-electron chi connectivity index (χ0n) is 10.4. The third kappa shape index (κ3) is 2.98. The number of nitrogens with two attached hydrogens (primary N) is 1. The van der Waals surface area contributed by atoms with Crippen molar-refractivity contribution in [2.75, 3.05) is 6.61 Å². The van der Waals surface area contributed by atoms with Gasteiger partial charge in [-0.05, 0) is 28.8 Å². The van der Waals surface area contributed by atoms with E-state index < -0.39 is 0 Å². The third-order valence-corrected chi connectivity index (χ3v) is 3.02. The van der Waals surface area contributed by atoms with Gasteiger partial charge in [-0.25, -0.2) is 0 Å². The summed E-state index contributed by atoms with van der Waals surface area (Å²) < 4.78 is 5.71. The fourth-order valence-electron chi connectivity index (χ4n) is 1.64. The molecule has 0 aliphatic rings. The first-order chi connectivity index (χ1) is 8.16. The number of hydrogen-bond donors (Lipinski definition) is 1. The lowest BCUT2D eigenvalue weighted by atomic mass is 10.1. The van der Waals surface area contributed by atoms with Crippen molar-refractivity contribution in [1.82, 2.24) is 0 Å². The van der Waals surface area contributed by atoms with Crippen molar-refractivity contribution in [2.24, 2.45) is 11.7 Å². The smallest absolute Gasteiger partial charge is 0.120 e. The molecule has 0 saturated heterocycles. The van der Waals surface area contributed by atoms with E-state index in [4.69, 9.17) is 10.5 Å². The first-order valence-corrected chi connectivity index (χ1v) is 6.04. The molecule has 17 heavy (non-hydrogen) atoms. The van der Waals surface area contributed by atoms with Crippen LogP contribution in [0.4, 0.5) is 0 Å². The van der Waals surface area contributed by atoms with Crippen LogP contribution in [0.25, 0.3) is 10.8 Å². The molecule has 90 valence electrons. The number of benzene rings is 2. The molecule has 0 aliphatic carbocycles. The summed E-state index contributed by atoms with van der Waals surface area (Å²) in [6.45, 7) is 4.78. The summed E-state index contributed by atoms with van der Waals surface area (Å²) >= 11 is 0. The molecular formula is C15H19NO. The van der Waals surface area contributed by atoms with Gasteiger partial charge in [0.1, 0.15) is 12.4 Å². The molecule has 2 nitrogen and oxygen atoms in total. The van der Waals surface area contributed by atoms with Crippen LogP contribution < -0.4 is 10.5 Å². The van der Waals surface area contributed by atoms with Gasteiger partial charge in [0.2, 0.25) is 0 Å². The molecule has 0 bridgehead atoms. The summed E-state index contributed by atoms with van der Waals surface area (Å²) in [5.74, 6) is 1.33. The highest BCUT2D eigenvalue weighted by Crippen LogP contribution is 2.20. The second-order valence-corrected chi connectivity index (χ2v) is 4.73. The van der Waals surface area contributed by atoms with Crippen molar-refractivity contribution in [2.45, 2.75) is 19.9 Å². The SMILES string of the molecule is CC(C)C(N)COc1ccc2ccccc2c1. The van der Waals surface area contributed by atoms with Crippen LogP contribution in [0.3, 0.4) is 0 Å². The maximum Gasteiger partial charge on any atom is 0.120 e. The topological polar surface area (TPSA) is 35.2 Å². The minimum atomic E-state index is 0.0847. The van der Waals surface area contributed by atoms with Gasteiger partial charge in [-0.3, -0.25) is 0 Å². The summed E-state index contributed by atoms with van der Waals surface area (Å²) in [5, 5.41) is 2.43. The number of rotatable bonds is 4. The average molecular weight is 229 g/mol. The zero-order valence-corrected chi connectivity index (χ0v) is 10.4. The average Bonchev–Trinajstić information content (AvgIpc) is 2.35. The van der Waals surface area contributed by atoms with Gasteiger partial charge in [-0.15, -0.1) is 0 Å². The van der Waals surface area contributed by atoms with Crippen molar-refractivity contribution in [3.05, 3.63) is 42.5 Å². The summed E-state index contributed by atoms with van der Waals surface area (Å²) in [5.41, 5.74) is 5.95. The minimum Gasteiger partial charge on any atom is -0.492 e. The normalized spacial score (nSPS) is 12.9. The highest BCUT2D eigenvalue weighted by atomic mass is 16.5. The van der Waals surface area contributed by atoms with Gasteiger partial charge < -0.3 is 10.5 Å². The molecule has 0 spiro atoms. The molecule has 0 saturated carbocycles. The predicted molar refractivity (Wildman–Crippen MR) is 72.3 cm³/mol. The summed E-state index contributed by atoms with van der Waals surface area (Å²) in [6, 6.07) is 14.5. The Morgan fingerprint density at radius 3 is 2.47 bits per heavy atom. The Kier molecular flexibility index (Phi) is 3.64. The standard InChI is InChI=1S/C15H19NO/c1-11(2)15(16)10-17-14-8-7-12-5-3-4-6-13(12)9-14/h3-9,11,15H,10,16H2,1-2H3. The molecule has 0 aliphatic heterocycles. The molecule has 0 fully saturated rings. The van der Waals surface area contributed by atoms with Gasteiger partial charge in [0, 0.05) is 6.04 Å². The van der Waals surface area contributed by atoms with E-state index in [1.165, 1.54) is 10.8 Å². The predicted octanol–water partition coefficient (Wildman–Crippen LogP) is 3.20. The lowest BCUT2D eigenvalue weighted by Crippen LogP contribution is -2.32. The maximum atomic E-state index is 5.95. The van der Waals surface area contributed by atoms with Crippen LogP contribution in [0.15, 0.2) is 42.5 Å². The van der Waals surface area contributed by atoms with E-state index in [1.54, 1.807) is 0 Å². The molecule has 2 aromatic rings. The van der Waals surface area contributed by atoms with Crippen LogP contribution in [0.2, 0.25) is 0 Å². The number of hydrogen-bond acceptors (Lipinski definition) is 2. The number of fused-ring (bicyclic) bond motifs is 1. The highest BCUT2D eigenvalue weighted by Gasteiger charge is 2.08. The van der Waals surface area contributed by atoms with Crippen LogP contribution in [0.5, 0.6) is 5.75 Å². The molecule has 0 aromatic heterocycles. The van der Waals surface area contributed by atoms with E-state index in [0.717, 1.165) is 5.75 Å². The monoisotopic (exact) mass is 229 g/mol. The zero-order chi connectivity index (χ0) is 12.3. The largest absolute Gasteiger partial charge is 0.492 e. The van der Waals surface area contributed by atoms with Crippen molar-refractivity contribution < 1.29 is 4.74 Å². The Bertz CT molecular complexity index is 493. The molecule has 1 atom stereocenters. The van der Waals surface area contributed by atoms with Crippen molar-refractivity contribution >= 4 is 10.8 Å². The van der Waals surface area contributed by atoms with Crippen LogP contribution in [-0.4, -0.2) is 12.6 Å². The fourth-order valence-corrected chi connectivity index (χ4v) is 1.64. The molecule has 2 rings (SSSR count). The van der Waals surface area contributed by atoms with Crippen LogP contribution in [0, 0.1) is 5.92 Å². The van der Waals surface area contributed by atoms with Crippen LogP contribution in [-0.2, 0) is 0 Å². The quantitative estimate of drug-likeness (QED) is 0.873. The molecule has 0 radical (unpaired) electrons. The first-order valence-electron chi connectivity index (χ1n) is 6.04. The van der Waals surface area contributed by atoms with Crippen molar-refractivity contribution in [1.29, 1.82) is 0 Å². The van der Waals surface area contributed by atoms with E-state index in [0.29, 0.717) is 12.5 Å². The van der Waals surface area contributed by atoms with Gasteiger partial charge in [0.25, 0.3) is 0 Å². The van der Waals surface area contributed by atoms with Gasteiger partial charge >= 0.3 is 0 Å². The van der Waals surface area contributed by atoms with Gasteiger partial charge in [-0.2, -0.15) is 0 Å². The van der Waals surface area contributed by atoms with Gasteiger partial charge in [-0.1, -0.05) is 44.2 Å². The van der Waals surface area contributed by atoms with Crippen LogP contribution >= 0.6 is 0 Å². The summed E-state index contributed by atoms with van der Waals surface area (Å²) in [4.78, 5) is 0. The second kappa shape index (κ2) is 5.19. The Hall–Kier alpha value is -1.54. The van der Waals surface area contributed by atoms with Crippen molar-refractivity contribution in [3.63, 3.8) is 0 Å². The molecular weight excluding hydrogens is 210 g/mol. The van der Waals surface area contributed by atoms with E-state index in [1.807, 2.05) is 18.2 Å². The highest BCUT2D eigenvalue weighted by molar-refractivity contribution is 5.83. The summed E-state index contributed by atoms with van der Waals surface area (Å²) in [7, 11) is 0. The van der Waals surface area contributed by atoms with Gasteiger partial charge in [0.05, 0.1) is 0 Å². The van der Waals surface area contributed by atoms with E-state index in [-0.39, 0.29) is 6.04 Å². The van der Waals surface area contributed by atoms with E-state index >= 15 is 0 Å². The van der Waals surface area contributed by atoms with E-state index in [9.17, 15) is 0 Å². The molecule has 0 amide bonds. The van der Waals surface area contributed by atoms with Gasteiger partial charge in [0.15, 0.2) is 0 Å². The molecule has 2 heteroatoms. The lowest BCUT2D eigenvalue weighted by Gasteiger charge is -2.16. The lowest BCUT2D eigenvalue weighted by molar-refractivity contribution is 0.260. The molecule has 0 heterocycles. The molecule has 2 N–H and O–H groups in total.